The summed E-state index contributed by atoms with van der Waals surface area (Å²) in [4.78, 5) is 20.6. The molecule has 0 saturated carbocycles. The molecule has 210 valence electrons. The van der Waals surface area contributed by atoms with E-state index in [0.29, 0.717) is 29.9 Å². The molecule has 1 N–H and O–H groups in total. The van der Waals surface area contributed by atoms with Gasteiger partial charge in [-0.1, -0.05) is 12.1 Å². The van der Waals surface area contributed by atoms with Gasteiger partial charge in [-0.2, -0.15) is 25.1 Å². The minimum Gasteiger partial charge on any atom is -0.478 e. The summed E-state index contributed by atoms with van der Waals surface area (Å²) in [6.45, 7) is 4.43. The Morgan fingerprint density at radius 2 is 2.02 bits per heavy atom. The Labute approximate surface area is 235 Å². The lowest BCUT2D eigenvalue weighted by atomic mass is 10.0. The number of halogens is 1. The highest BCUT2D eigenvalue weighted by molar-refractivity contribution is 5.88. The SMILES string of the molecule is N#Cc1ccc(COc2cccc(N3CCN(Cc4nn5ncc(C(=O)O)cc5c4CC4CCO4)CC3)n2)c(F)c1. The largest absolute Gasteiger partial charge is 0.478 e. The topological polar surface area (TPSA) is 129 Å². The molecule has 0 aliphatic carbocycles. The molecule has 2 aliphatic rings. The van der Waals surface area contributed by atoms with E-state index < -0.39 is 11.8 Å². The molecule has 4 aromatic rings. The van der Waals surface area contributed by atoms with E-state index in [0.717, 1.165) is 56.3 Å². The minimum absolute atomic E-state index is 0.0117. The average Bonchev–Trinajstić information content (AvgIpc) is 3.30. The van der Waals surface area contributed by atoms with Crippen LogP contribution in [0.15, 0.2) is 48.7 Å². The van der Waals surface area contributed by atoms with E-state index in [2.05, 4.69) is 19.9 Å². The van der Waals surface area contributed by atoms with Crippen LogP contribution in [0.2, 0.25) is 0 Å². The number of aromatic nitrogens is 4. The Balaban J connectivity index is 1.10. The number of aromatic carboxylic acids is 1. The molecule has 0 spiro atoms. The number of carbonyl (C=O) groups is 1. The smallest absolute Gasteiger partial charge is 0.337 e. The van der Waals surface area contributed by atoms with Gasteiger partial charge in [-0.15, -0.1) is 0 Å². The fourth-order valence-corrected chi connectivity index (χ4v) is 5.06. The summed E-state index contributed by atoms with van der Waals surface area (Å²) in [5.41, 5.74) is 3.32. The number of ether oxygens (including phenoxy) is 2. The highest BCUT2D eigenvalue weighted by atomic mass is 19.1. The summed E-state index contributed by atoms with van der Waals surface area (Å²) in [7, 11) is 0. The number of nitrogens with zero attached hydrogens (tertiary/aromatic N) is 7. The maximum Gasteiger partial charge on any atom is 0.337 e. The molecule has 2 aliphatic heterocycles. The minimum atomic E-state index is -1.02. The highest BCUT2D eigenvalue weighted by Gasteiger charge is 2.26. The molecule has 1 atom stereocenters. The van der Waals surface area contributed by atoms with Gasteiger partial charge in [-0.3, -0.25) is 4.90 Å². The second-order valence-electron chi connectivity index (χ2n) is 10.1. The van der Waals surface area contributed by atoms with E-state index in [1.54, 1.807) is 24.3 Å². The first-order valence-electron chi connectivity index (χ1n) is 13.4. The van der Waals surface area contributed by atoms with Crippen LogP contribution in [-0.2, 0) is 24.3 Å². The molecule has 2 saturated heterocycles. The number of hydrogen-bond donors (Lipinski definition) is 1. The summed E-state index contributed by atoms with van der Waals surface area (Å²) in [6, 6.07) is 13.4. The normalized spacial score (nSPS) is 17.3. The number of anilines is 1. The quantitative estimate of drug-likeness (QED) is 0.328. The number of piperazine rings is 1. The zero-order chi connectivity index (χ0) is 28.3. The second-order valence-corrected chi connectivity index (χ2v) is 10.1. The van der Waals surface area contributed by atoms with Gasteiger partial charge in [-0.25, -0.2) is 9.18 Å². The van der Waals surface area contributed by atoms with Gasteiger partial charge in [0.2, 0.25) is 5.88 Å². The van der Waals surface area contributed by atoms with Crippen LogP contribution in [0.1, 0.15) is 39.2 Å². The lowest BCUT2D eigenvalue weighted by Crippen LogP contribution is -2.46. The molecule has 6 rings (SSSR count). The Kier molecular flexibility index (Phi) is 7.45. The number of rotatable bonds is 9. The van der Waals surface area contributed by atoms with Crippen molar-refractivity contribution in [3.05, 3.63) is 82.4 Å². The van der Waals surface area contributed by atoms with Gasteiger partial charge in [0.1, 0.15) is 18.2 Å². The van der Waals surface area contributed by atoms with E-state index in [9.17, 15) is 14.3 Å². The van der Waals surface area contributed by atoms with Crippen LogP contribution in [0.5, 0.6) is 5.88 Å². The van der Waals surface area contributed by atoms with Crippen LogP contribution < -0.4 is 9.64 Å². The predicted molar refractivity (Wildman–Crippen MR) is 145 cm³/mol. The Hall–Kier alpha value is -4.60. The van der Waals surface area contributed by atoms with Crippen molar-refractivity contribution in [1.82, 2.24) is 24.7 Å². The van der Waals surface area contributed by atoms with Crippen molar-refractivity contribution in [3.8, 4) is 11.9 Å². The van der Waals surface area contributed by atoms with Crippen molar-refractivity contribution >= 4 is 17.3 Å². The average molecular weight is 558 g/mol. The van der Waals surface area contributed by atoms with Crippen molar-refractivity contribution < 1.29 is 23.8 Å². The van der Waals surface area contributed by atoms with Gasteiger partial charge < -0.3 is 19.5 Å². The predicted octanol–water partition coefficient (Wildman–Crippen LogP) is 3.07. The molecule has 1 unspecified atom stereocenters. The molecule has 1 aromatic carbocycles. The van der Waals surface area contributed by atoms with Crippen molar-refractivity contribution in [1.29, 1.82) is 5.26 Å². The first kappa shape index (κ1) is 26.6. The summed E-state index contributed by atoms with van der Waals surface area (Å²) in [6.07, 6.45) is 3.08. The zero-order valence-electron chi connectivity index (χ0n) is 22.2. The molecule has 0 bridgehead atoms. The maximum absolute atomic E-state index is 14.2. The summed E-state index contributed by atoms with van der Waals surface area (Å²) in [5.74, 6) is -0.324. The first-order chi connectivity index (χ1) is 20.0. The molecule has 5 heterocycles. The van der Waals surface area contributed by atoms with Gasteiger partial charge in [-0.05, 0) is 30.7 Å². The molecular weight excluding hydrogens is 529 g/mol. The van der Waals surface area contributed by atoms with Crippen molar-refractivity contribution in [2.45, 2.75) is 32.1 Å². The molecule has 0 amide bonds. The van der Waals surface area contributed by atoms with Crippen LogP contribution in [0.4, 0.5) is 10.2 Å². The van der Waals surface area contributed by atoms with Crippen molar-refractivity contribution in [3.63, 3.8) is 0 Å². The molecule has 11 nitrogen and oxygen atoms in total. The number of carboxylic acid groups (broad SMARTS) is 1. The number of nitriles is 1. The first-order valence-corrected chi connectivity index (χ1v) is 13.4. The third-order valence-corrected chi connectivity index (χ3v) is 7.50. The van der Waals surface area contributed by atoms with E-state index >= 15 is 0 Å². The van der Waals surface area contributed by atoms with Gasteiger partial charge in [0.25, 0.3) is 0 Å². The number of pyridine rings is 1. The van der Waals surface area contributed by atoms with Crippen LogP contribution in [0, 0.1) is 17.1 Å². The van der Waals surface area contributed by atoms with E-state index in [1.165, 1.54) is 16.9 Å². The van der Waals surface area contributed by atoms with Crippen molar-refractivity contribution in [2.24, 2.45) is 0 Å². The maximum atomic E-state index is 14.2. The van der Waals surface area contributed by atoms with E-state index in [4.69, 9.17) is 19.8 Å². The fourth-order valence-electron chi connectivity index (χ4n) is 5.06. The van der Waals surface area contributed by atoms with Crippen molar-refractivity contribution in [2.75, 3.05) is 37.7 Å². The van der Waals surface area contributed by atoms with Crippen LogP contribution in [0.25, 0.3) is 5.52 Å². The van der Waals surface area contributed by atoms with Gasteiger partial charge >= 0.3 is 5.97 Å². The van der Waals surface area contributed by atoms with Gasteiger partial charge in [0, 0.05) is 62.9 Å². The van der Waals surface area contributed by atoms with Gasteiger partial charge in [0.15, 0.2) is 0 Å². The molecule has 41 heavy (non-hydrogen) atoms. The number of carboxylic acids is 1. The second kappa shape index (κ2) is 11.5. The van der Waals surface area contributed by atoms with E-state index in [-0.39, 0.29) is 23.8 Å². The lowest BCUT2D eigenvalue weighted by Gasteiger charge is -2.35. The number of hydrogen-bond acceptors (Lipinski definition) is 9. The third kappa shape index (κ3) is 5.82. The monoisotopic (exact) mass is 557 g/mol. The lowest BCUT2D eigenvalue weighted by molar-refractivity contribution is -0.0491. The zero-order valence-corrected chi connectivity index (χ0v) is 22.2. The summed E-state index contributed by atoms with van der Waals surface area (Å²) < 4.78 is 27.2. The van der Waals surface area contributed by atoms with Crippen LogP contribution in [0.3, 0.4) is 0 Å². The van der Waals surface area contributed by atoms with Crippen LogP contribution >= 0.6 is 0 Å². The van der Waals surface area contributed by atoms with E-state index in [1.807, 2.05) is 18.2 Å². The number of fused-ring (bicyclic) bond motifs is 1. The molecule has 3 aromatic heterocycles. The molecular formula is C29H28FN7O4. The van der Waals surface area contributed by atoms with Gasteiger partial charge in [0.05, 0.1) is 40.7 Å². The Morgan fingerprint density at radius 1 is 1.20 bits per heavy atom. The summed E-state index contributed by atoms with van der Waals surface area (Å²) >= 11 is 0. The Bertz CT molecular complexity index is 1620. The summed E-state index contributed by atoms with van der Waals surface area (Å²) in [5, 5.41) is 27.3. The molecule has 2 fully saturated rings. The fraction of sp³-hybridized carbons (Fsp3) is 0.345. The Morgan fingerprint density at radius 3 is 2.73 bits per heavy atom. The molecule has 12 heteroatoms. The number of benzene rings is 1. The highest BCUT2D eigenvalue weighted by Crippen LogP contribution is 2.26. The third-order valence-electron chi connectivity index (χ3n) is 7.50. The standard InChI is InChI=1S/C29H28FN7O4/c30-24-12-19(15-31)4-5-20(24)18-41-28-3-1-2-27(33-28)36-9-7-35(8-10-36)17-25-23(14-22-6-11-40-22)26-13-21(29(38)39)16-32-37(26)34-25/h1-5,12-13,16,22H,6-11,14,17-18H2,(H,38,39). The van der Waals surface area contributed by atoms with Crippen LogP contribution in [-0.4, -0.2) is 74.7 Å². The molecule has 0 radical (unpaired) electrons.